The highest BCUT2D eigenvalue weighted by atomic mass is 35.5. The van der Waals surface area contributed by atoms with Gasteiger partial charge in [-0.25, -0.2) is 9.97 Å². The summed E-state index contributed by atoms with van der Waals surface area (Å²) in [5, 5.41) is 7.87. The molecule has 0 bridgehead atoms. The van der Waals surface area contributed by atoms with E-state index in [9.17, 15) is 0 Å². The van der Waals surface area contributed by atoms with Gasteiger partial charge in [0.05, 0.1) is 23.2 Å². The van der Waals surface area contributed by atoms with E-state index in [1.807, 2.05) is 49.4 Å². The van der Waals surface area contributed by atoms with Gasteiger partial charge in [0.25, 0.3) is 5.88 Å². The molecular weight excluding hydrogens is 392 g/mol. The highest BCUT2D eigenvalue weighted by molar-refractivity contribution is 6.33. The topological polar surface area (TPSA) is 82.3 Å². The number of nitrogens with zero attached hydrogens (tertiary/aromatic N) is 3. The molecule has 0 radical (unpaired) electrons. The second-order valence-electron chi connectivity index (χ2n) is 6.21. The van der Waals surface area contributed by atoms with Crippen LogP contribution >= 0.6 is 11.6 Å². The quantitative estimate of drug-likeness (QED) is 0.461. The summed E-state index contributed by atoms with van der Waals surface area (Å²) in [4.78, 5) is 9.19. The second-order valence-corrected chi connectivity index (χ2v) is 6.62. The summed E-state index contributed by atoms with van der Waals surface area (Å²) in [6, 6.07) is 14.8. The lowest BCUT2D eigenvalue weighted by molar-refractivity contribution is 0.243. The van der Waals surface area contributed by atoms with Gasteiger partial charge in [-0.05, 0) is 25.1 Å². The van der Waals surface area contributed by atoms with E-state index >= 15 is 0 Å². The van der Waals surface area contributed by atoms with E-state index in [2.05, 4.69) is 20.4 Å². The third-order valence-electron chi connectivity index (χ3n) is 4.24. The van der Waals surface area contributed by atoms with Gasteiger partial charge in [-0.3, -0.25) is 0 Å². The van der Waals surface area contributed by atoms with Gasteiger partial charge in [-0.1, -0.05) is 35.0 Å². The Labute approximate surface area is 172 Å². The fourth-order valence-electron chi connectivity index (χ4n) is 2.84. The minimum Gasteiger partial charge on any atom is -0.497 e. The van der Waals surface area contributed by atoms with Gasteiger partial charge in [0.15, 0.2) is 18.2 Å². The third-order valence-corrected chi connectivity index (χ3v) is 4.57. The van der Waals surface area contributed by atoms with Gasteiger partial charge < -0.3 is 19.3 Å². The van der Waals surface area contributed by atoms with Crippen molar-refractivity contribution in [2.75, 3.05) is 19.0 Å². The summed E-state index contributed by atoms with van der Waals surface area (Å²) in [5.74, 6) is 2.22. The van der Waals surface area contributed by atoms with Crippen molar-refractivity contribution < 1.29 is 14.0 Å². The predicted octanol–water partition coefficient (Wildman–Crippen LogP) is 4.96. The molecular formula is C21H19ClN4O3. The van der Waals surface area contributed by atoms with Crippen molar-refractivity contribution in [2.45, 2.75) is 13.5 Å². The zero-order valence-corrected chi connectivity index (χ0v) is 16.7. The molecule has 8 heteroatoms. The van der Waals surface area contributed by atoms with Gasteiger partial charge in [-0.15, -0.1) is 0 Å². The zero-order valence-electron chi connectivity index (χ0n) is 16.0. The Hall–Kier alpha value is -3.32. The SMILES string of the molecule is CCNc1nc2cc(OC)ccc2nc1OCc1cc(-c2ccccc2Cl)no1. The number of ether oxygens (including phenoxy) is 2. The molecule has 0 unspecified atom stereocenters. The van der Waals surface area contributed by atoms with Crippen LogP contribution in [-0.4, -0.2) is 28.8 Å². The largest absolute Gasteiger partial charge is 0.497 e. The molecule has 1 N–H and O–H groups in total. The molecule has 0 saturated heterocycles. The molecule has 2 aromatic carbocycles. The first-order chi connectivity index (χ1) is 14.2. The Morgan fingerprint density at radius 1 is 1.07 bits per heavy atom. The number of hydrogen-bond acceptors (Lipinski definition) is 7. The van der Waals surface area contributed by atoms with Crippen LogP contribution in [0.15, 0.2) is 53.1 Å². The molecule has 0 spiro atoms. The van der Waals surface area contributed by atoms with Gasteiger partial charge in [0.2, 0.25) is 0 Å². The molecule has 4 rings (SSSR count). The van der Waals surface area contributed by atoms with Crippen molar-refractivity contribution >= 4 is 28.5 Å². The Kier molecular flexibility index (Phi) is 5.48. The van der Waals surface area contributed by atoms with E-state index < -0.39 is 0 Å². The maximum Gasteiger partial charge on any atom is 0.258 e. The summed E-state index contributed by atoms with van der Waals surface area (Å²) in [6.07, 6.45) is 0. The summed E-state index contributed by atoms with van der Waals surface area (Å²) in [5.41, 5.74) is 2.87. The van der Waals surface area contributed by atoms with Crippen molar-refractivity contribution in [3.8, 4) is 22.9 Å². The Morgan fingerprint density at radius 2 is 1.93 bits per heavy atom. The lowest BCUT2D eigenvalue weighted by Gasteiger charge is -2.11. The van der Waals surface area contributed by atoms with Crippen LogP contribution in [0.4, 0.5) is 5.82 Å². The molecule has 4 aromatic rings. The Balaban J connectivity index is 1.57. The maximum absolute atomic E-state index is 6.23. The average molecular weight is 411 g/mol. The number of halogens is 1. The number of benzene rings is 2. The first-order valence-corrected chi connectivity index (χ1v) is 9.48. The molecule has 2 aromatic heterocycles. The number of aromatic nitrogens is 3. The Bertz CT molecular complexity index is 1150. The summed E-state index contributed by atoms with van der Waals surface area (Å²) < 4.78 is 16.5. The van der Waals surface area contributed by atoms with Crippen LogP contribution in [0.3, 0.4) is 0 Å². The molecule has 0 saturated carbocycles. The molecule has 7 nitrogen and oxygen atoms in total. The van der Waals surface area contributed by atoms with Crippen molar-refractivity contribution in [3.63, 3.8) is 0 Å². The summed E-state index contributed by atoms with van der Waals surface area (Å²) in [6.45, 7) is 2.82. The number of methoxy groups -OCH3 is 1. The first kappa shape index (κ1) is 19.0. The van der Waals surface area contributed by atoms with Crippen LogP contribution < -0.4 is 14.8 Å². The van der Waals surface area contributed by atoms with Crippen LogP contribution in [0.25, 0.3) is 22.3 Å². The minimum atomic E-state index is 0.159. The maximum atomic E-state index is 6.23. The van der Waals surface area contributed by atoms with E-state index in [0.29, 0.717) is 45.8 Å². The second kappa shape index (κ2) is 8.36. The van der Waals surface area contributed by atoms with Gasteiger partial charge in [-0.2, -0.15) is 0 Å². The Morgan fingerprint density at radius 3 is 2.72 bits per heavy atom. The van der Waals surface area contributed by atoms with Gasteiger partial charge >= 0.3 is 0 Å². The fraction of sp³-hybridized carbons (Fsp3) is 0.190. The molecule has 148 valence electrons. The molecule has 29 heavy (non-hydrogen) atoms. The molecule has 0 aliphatic heterocycles. The predicted molar refractivity (Wildman–Crippen MR) is 112 cm³/mol. The number of anilines is 1. The minimum absolute atomic E-state index is 0.159. The molecule has 2 heterocycles. The first-order valence-electron chi connectivity index (χ1n) is 9.11. The highest BCUT2D eigenvalue weighted by Crippen LogP contribution is 2.29. The number of fused-ring (bicyclic) bond motifs is 1. The number of rotatable bonds is 7. The van der Waals surface area contributed by atoms with Crippen LogP contribution in [0.5, 0.6) is 11.6 Å². The van der Waals surface area contributed by atoms with E-state index in [4.69, 9.17) is 25.6 Å². The van der Waals surface area contributed by atoms with Crippen molar-refractivity contribution in [1.29, 1.82) is 0 Å². The molecule has 0 atom stereocenters. The summed E-state index contributed by atoms with van der Waals surface area (Å²) >= 11 is 6.23. The fourth-order valence-corrected chi connectivity index (χ4v) is 3.08. The zero-order chi connectivity index (χ0) is 20.2. The van der Waals surface area contributed by atoms with Gasteiger partial charge in [0.1, 0.15) is 11.4 Å². The summed E-state index contributed by atoms with van der Waals surface area (Å²) in [7, 11) is 1.62. The van der Waals surface area contributed by atoms with E-state index in [0.717, 1.165) is 11.3 Å². The smallest absolute Gasteiger partial charge is 0.258 e. The normalized spacial score (nSPS) is 10.9. The lowest BCUT2D eigenvalue weighted by atomic mass is 10.1. The van der Waals surface area contributed by atoms with Crippen molar-refractivity contribution in [1.82, 2.24) is 15.1 Å². The van der Waals surface area contributed by atoms with Crippen LogP contribution in [0.2, 0.25) is 5.02 Å². The van der Waals surface area contributed by atoms with Crippen molar-refractivity contribution in [3.05, 3.63) is 59.3 Å². The molecule has 0 fully saturated rings. The van der Waals surface area contributed by atoms with Gasteiger partial charge in [0, 0.05) is 24.2 Å². The molecule has 0 aliphatic carbocycles. The van der Waals surface area contributed by atoms with Crippen LogP contribution in [-0.2, 0) is 6.61 Å². The molecule has 0 amide bonds. The van der Waals surface area contributed by atoms with E-state index in [-0.39, 0.29) is 6.61 Å². The monoisotopic (exact) mass is 410 g/mol. The average Bonchev–Trinajstić information content (AvgIpc) is 3.21. The van der Waals surface area contributed by atoms with Crippen molar-refractivity contribution in [2.24, 2.45) is 0 Å². The standard InChI is InChI=1S/C21H19ClN4O3/c1-3-23-20-21(25-17-9-8-13(27-2)10-19(17)24-20)28-12-14-11-18(26-29-14)15-6-4-5-7-16(15)22/h4-11H,3,12H2,1-2H3,(H,23,24). The van der Waals surface area contributed by atoms with E-state index in [1.54, 1.807) is 13.2 Å². The molecule has 0 aliphatic rings. The number of hydrogen-bond donors (Lipinski definition) is 1. The van der Waals surface area contributed by atoms with Crippen LogP contribution in [0, 0.1) is 0 Å². The third kappa shape index (κ3) is 4.09. The van der Waals surface area contributed by atoms with Crippen LogP contribution in [0.1, 0.15) is 12.7 Å². The highest BCUT2D eigenvalue weighted by Gasteiger charge is 2.14. The number of nitrogens with one attached hydrogen (secondary N) is 1. The lowest BCUT2D eigenvalue weighted by Crippen LogP contribution is -2.06. The van der Waals surface area contributed by atoms with E-state index in [1.165, 1.54) is 0 Å².